The second-order valence-corrected chi connectivity index (χ2v) is 15.6. The number of ether oxygens (including phenoxy) is 3. The maximum Gasteiger partial charge on any atom is 0.324 e. The van der Waals surface area contributed by atoms with Crippen molar-refractivity contribution < 1.29 is 68.5 Å². The van der Waals surface area contributed by atoms with Gasteiger partial charge < -0.3 is 55.7 Å². The van der Waals surface area contributed by atoms with Crippen molar-refractivity contribution in [3.05, 3.63) is 51.6 Å². The van der Waals surface area contributed by atoms with E-state index in [2.05, 4.69) is 10.6 Å². The monoisotopic (exact) mass is 810 g/mol. The molecule has 0 spiro atoms. The minimum Gasteiger partial charge on any atom is -0.507 e. The van der Waals surface area contributed by atoms with E-state index in [9.17, 15) is 54.3 Å². The summed E-state index contributed by atoms with van der Waals surface area (Å²) in [6, 6.07) is 0.310. The van der Waals surface area contributed by atoms with Crippen LogP contribution >= 0.6 is 0 Å². The molecule has 2 aromatic carbocycles. The number of hydrogen-bond acceptors (Lipinski definition) is 15. The fourth-order valence-electron chi connectivity index (χ4n) is 8.50. The fraction of sp³-hybridized carbons (Fsp3) is 0.550. The Kier molecular flexibility index (Phi) is 12.3. The molecular formula is C40H50N4O14. The Labute approximate surface area is 333 Å². The number of amides is 4. The van der Waals surface area contributed by atoms with Gasteiger partial charge >= 0.3 is 6.03 Å². The molecule has 4 aliphatic rings. The number of nitrogens with two attached hydrogens (primary N) is 1. The number of aromatic hydroxyl groups is 2. The highest BCUT2D eigenvalue weighted by molar-refractivity contribution is 6.31. The van der Waals surface area contributed by atoms with Crippen LogP contribution in [0.1, 0.15) is 108 Å². The van der Waals surface area contributed by atoms with E-state index in [1.54, 1.807) is 0 Å². The van der Waals surface area contributed by atoms with E-state index in [0.29, 0.717) is 0 Å². The molecule has 4 amide bonds. The molecule has 1 saturated heterocycles. The first-order valence-corrected chi connectivity index (χ1v) is 19.3. The number of aliphatic hydroxyl groups is 3. The van der Waals surface area contributed by atoms with Crippen LogP contribution in [-0.4, -0.2) is 129 Å². The molecule has 1 aliphatic heterocycles. The number of benzene rings is 2. The maximum atomic E-state index is 14.0. The summed E-state index contributed by atoms with van der Waals surface area (Å²) in [5, 5.41) is 60.8. The van der Waals surface area contributed by atoms with Gasteiger partial charge in [0.1, 0.15) is 41.6 Å². The second-order valence-electron chi connectivity index (χ2n) is 15.6. The first kappa shape index (κ1) is 42.6. The molecule has 9 N–H and O–H groups in total. The lowest BCUT2D eigenvalue weighted by Gasteiger charge is -2.43. The van der Waals surface area contributed by atoms with Crippen LogP contribution < -0.4 is 21.1 Å². The number of nitrogens with zero attached hydrogens (tertiary/aromatic N) is 1. The largest absolute Gasteiger partial charge is 0.507 e. The predicted octanol–water partition coefficient (Wildman–Crippen LogP) is 0.623. The van der Waals surface area contributed by atoms with Crippen molar-refractivity contribution in [1.29, 1.82) is 0 Å². The molecule has 58 heavy (non-hydrogen) atoms. The zero-order chi connectivity index (χ0) is 42.4. The lowest BCUT2D eigenvalue weighted by Crippen LogP contribution is -2.59. The maximum absolute atomic E-state index is 14.0. The van der Waals surface area contributed by atoms with Crippen molar-refractivity contribution in [2.75, 3.05) is 20.8 Å². The number of nitrogens with one attached hydrogen (secondary N) is 2. The number of Topliss-reactive ketones (excluding diaryl/α,β-unsaturated/α-hetero) is 1. The molecule has 3 aliphatic carbocycles. The summed E-state index contributed by atoms with van der Waals surface area (Å²) in [4.78, 5) is 81.0. The Morgan fingerprint density at radius 2 is 1.71 bits per heavy atom. The summed E-state index contributed by atoms with van der Waals surface area (Å²) in [7, 11) is 2.61. The van der Waals surface area contributed by atoms with E-state index in [0.717, 1.165) is 37.0 Å². The molecule has 2 fully saturated rings. The van der Waals surface area contributed by atoms with Crippen molar-refractivity contribution in [2.45, 2.75) is 114 Å². The van der Waals surface area contributed by atoms with Crippen molar-refractivity contribution in [1.82, 2.24) is 15.5 Å². The van der Waals surface area contributed by atoms with Gasteiger partial charge in [0, 0.05) is 43.0 Å². The number of phenols is 2. The number of phenolic OH excluding ortho intramolecular Hbond substituents is 2. The van der Waals surface area contributed by atoms with Crippen molar-refractivity contribution in [3.8, 4) is 17.2 Å². The molecule has 314 valence electrons. The summed E-state index contributed by atoms with van der Waals surface area (Å²) in [6.07, 6.45) is -2.21. The normalized spacial score (nSPS) is 26.7. The van der Waals surface area contributed by atoms with Crippen LogP contribution in [0.3, 0.4) is 0 Å². The first-order chi connectivity index (χ1) is 27.4. The van der Waals surface area contributed by atoms with Crippen LogP contribution in [0.25, 0.3) is 0 Å². The zero-order valence-corrected chi connectivity index (χ0v) is 32.6. The van der Waals surface area contributed by atoms with Crippen molar-refractivity contribution >= 4 is 35.2 Å². The van der Waals surface area contributed by atoms with Gasteiger partial charge in [0.2, 0.25) is 17.6 Å². The predicted molar refractivity (Wildman–Crippen MR) is 201 cm³/mol. The number of hydrogen-bond donors (Lipinski definition) is 8. The summed E-state index contributed by atoms with van der Waals surface area (Å²) >= 11 is 0. The number of methoxy groups -OCH3 is 1. The summed E-state index contributed by atoms with van der Waals surface area (Å²) in [6.45, 7) is 1.79. The van der Waals surface area contributed by atoms with Gasteiger partial charge in [0.15, 0.2) is 17.9 Å². The molecular weight excluding hydrogens is 760 g/mol. The molecule has 1 heterocycles. The molecule has 6 rings (SSSR count). The minimum atomic E-state index is -2.39. The van der Waals surface area contributed by atoms with Crippen LogP contribution in [0.5, 0.6) is 17.2 Å². The number of imide groups is 1. The average molecular weight is 811 g/mol. The fourth-order valence-corrected chi connectivity index (χ4v) is 8.50. The lowest BCUT2D eigenvalue weighted by atomic mass is 9.72. The van der Waals surface area contributed by atoms with Crippen LogP contribution in [0, 0.1) is 5.92 Å². The van der Waals surface area contributed by atoms with Gasteiger partial charge in [-0.2, -0.15) is 0 Å². The Morgan fingerprint density at radius 3 is 2.36 bits per heavy atom. The molecule has 0 aromatic heterocycles. The smallest absolute Gasteiger partial charge is 0.324 e. The molecule has 1 saturated carbocycles. The van der Waals surface area contributed by atoms with E-state index in [1.165, 1.54) is 46.2 Å². The molecule has 2 aromatic rings. The highest BCUT2D eigenvalue weighted by atomic mass is 16.7. The van der Waals surface area contributed by atoms with Gasteiger partial charge in [0.05, 0.1) is 48.1 Å². The number of rotatable bonds is 10. The van der Waals surface area contributed by atoms with Crippen molar-refractivity contribution in [2.24, 2.45) is 11.7 Å². The first-order valence-electron chi connectivity index (χ1n) is 19.3. The SMILES string of the molecule is COc1cccc2c1C(=O)c1c(O)c3c(c(O)c1C2=O)C[C@](O)(C(=O)CO)C[C@H]3O[C@@H]1C[C@@H](NC(=O)[C@H](C)N(C)C(=O)NC(=O)[C@@H](N)C2CCCCC2)[C@@H](O)[C@@H](C)O1. The van der Waals surface area contributed by atoms with E-state index >= 15 is 0 Å². The van der Waals surface area contributed by atoms with Crippen LogP contribution in [0.2, 0.25) is 0 Å². The molecule has 8 atom stereocenters. The summed E-state index contributed by atoms with van der Waals surface area (Å²) in [5.74, 6) is -5.66. The van der Waals surface area contributed by atoms with E-state index in [1.807, 2.05) is 0 Å². The lowest BCUT2D eigenvalue weighted by molar-refractivity contribution is -0.249. The van der Waals surface area contributed by atoms with E-state index in [-0.39, 0.29) is 40.3 Å². The third-order valence-corrected chi connectivity index (χ3v) is 12.1. The Balaban J connectivity index is 1.24. The number of urea groups is 1. The van der Waals surface area contributed by atoms with Crippen molar-refractivity contribution in [3.63, 3.8) is 0 Å². The van der Waals surface area contributed by atoms with Crippen LogP contribution in [0.4, 0.5) is 4.79 Å². The Bertz CT molecular complexity index is 2020. The van der Waals surface area contributed by atoms with Gasteiger partial charge in [-0.1, -0.05) is 31.4 Å². The molecule has 0 radical (unpaired) electrons. The third-order valence-electron chi connectivity index (χ3n) is 12.1. The molecule has 18 nitrogen and oxygen atoms in total. The summed E-state index contributed by atoms with van der Waals surface area (Å²) < 4.78 is 17.5. The quantitative estimate of drug-likeness (QED) is 0.130. The molecule has 0 bridgehead atoms. The van der Waals surface area contributed by atoms with Crippen LogP contribution in [0.15, 0.2) is 18.2 Å². The van der Waals surface area contributed by atoms with Crippen LogP contribution in [-0.2, 0) is 30.3 Å². The average Bonchev–Trinajstić information content (AvgIpc) is 3.21. The molecule has 0 unspecified atom stereocenters. The van der Waals surface area contributed by atoms with Gasteiger partial charge in [-0.3, -0.25) is 29.3 Å². The number of likely N-dealkylation sites (N-methyl/N-ethyl adjacent to an activating group) is 1. The summed E-state index contributed by atoms with van der Waals surface area (Å²) in [5.41, 5.74) is 1.87. The number of carbonyl (C=O) groups excluding carboxylic acids is 6. The number of ketones is 3. The highest BCUT2D eigenvalue weighted by Crippen LogP contribution is 2.52. The number of fused-ring (bicyclic) bond motifs is 3. The third kappa shape index (κ3) is 7.67. The van der Waals surface area contributed by atoms with E-state index in [4.69, 9.17) is 19.9 Å². The number of carbonyl (C=O) groups is 6. The minimum absolute atomic E-state index is 0.0403. The van der Waals surface area contributed by atoms with Gasteiger partial charge in [-0.15, -0.1) is 0 Å². The Morgan fingerprint density at radius 1 is 1.03 bits per heavy atom. The van der Waals surface area contributed by atoms with Gasteiger partial charge in [-0.25, -0.2) is 4.79 Å². The van der Waals surface area contributed by atoms with Gasteiger partial charge in [0.25, 0.3) is 0 Å². The number of aliphatic hydroxyl groups excluding tert-OH is 2. The topological polar surface area (TPSA) is 285 Å². The highest BCUT2D eigenvalue weighted by Gasteiger charge is 2.50. The van der Waals surface area contributed by atoms with E-state index < -0.39 is 126 Å². The zero-order valence-electron chi connectivity index (χ0n) is 32.6. The molecule has 18 heteroatoms. The van der Waals surface area contributed by atoms with Gasteiger partial charge in [-0.05, 0) is 38.7 Å². The second kappa shape index (κ2) is 16.7. The Hall–Kier alpha value is -4.98. The standard InChI is InChI=1S/C40H50N4O14/c1-17(44(3)39(54)43-38(53)31(41)19-9-6-5-7-10-19)37(52)42-22-13-26(57-18(2)32(22)47)58-24-15-40(55,25(46)16-45)14-21-28(24)36(51)30-29(34(21)49)33(48)20-11-8-12-23(56-4)27(20)35(30)50/h8,11-12,17-19,22,24,26,31-32,45,47,49,51,55H,5-7,9-10,13-16,41H2,1-4H3,(H,42,52)(H,43,53,54)/t17-,18+,22+,24+,26+,31-,32-,40+/m0/s1.